The fourth-order valence-electron chi connectivity index (χ4n) is 2.50. The van der Waals surface area contributed by atoms with Gasteiger partial charge in [-0.05, 0) is 18.8 Å². The first-order valence-corrected chi connectivity index (χ1v) is 9.95. The fraction of sp³-hybridized carbons (Fsp3) is 0.900. The summed E-state index contributed by atoms with van der Waals surface area (Å²) >= 11 is 0. The van der Waals surface area contributed by atoms with Gasteiger partial charge in [0.05, 0.1) is 13.2 Å². The van der Waals surface area contributed by atoms with Gasteiger partial charge in [0.15, 0.2) is 0 Å². The Labute approximate surface area is 148 Å². The first kappa shape index (κ1) is 22.9. The number of carbonyl (C=O) groups excluding carboxylic acids is 2. The van der Waals surface area contributed by atoms with E-state index in [0.717, 1.165) is 25.7 Å². The van der Waals surface area contributed by atoms with Gasteiger partial charge in [0.2, 0.25) is 0 Å². The van der Waals surface area contributed by atoms with Crippen molar-refractivity contribution in [2.75, 3.05) is 13.2 Å². The minimum absolute atomic E-state index is 0.200. The molecule has 4 nitrogen and oxygen atoms in total. The van der Waals surface area contributed by atoms with Crippen molar-refractivity contribution < 1.29 is 19.1 Å². The van der Waals surface area contributed by atoms with E-state index in [1.165, 1.54) is 32.1 Å². The summed E-state index contributed by atoms with van der Waals surface area (Å²) in [5.41, 5.74) is 0. The van der Waals surface area contributed by atoms with Crippen LogP contribution in [0.2, 0.25) is 0 Å². The van der Waals surface area contributed by atoms with Gasteiger partial charge in [0.1, 0.15) is 0 Å². The van der Waals surface area contributed by atoms with E-state index < -0.39 is 0 Å². The highest BCUT2D eigenvalue weighted by atomic mass is 16.5. The highest BCUT2D eigenvalue weighted by Crippen LogP contribution is 2.09. The van der Waals surface area contributed by atoms with Crippen LogP contribution in [0.15, 0.2) is 0 Å². The van der Waals surface area contributed by atoms with Crippen molar-refractivity contribution in [3.8, 4) is 0 Å². The van der Waals surface area contributed by atoms with E-state index in [9.17, 15) is 9.59 Å². The van der Waals surface area contributed by atoms with Crippen molar-refractivity contribution >= 4 is 11.9 Å². The summed E-state index contributed by atoms with van der Waals surface area (Å²) in [5.74, 6) is 0.0384. The lowest BCUT2D eigenvalue weighted by molar-refractivity contribution is -0.146. The molecule has 0 radical (unpaired) electrons. The molecule has 0 aromatic rings. The predicted octanol–water partition coefficient (Wildman–Crippen LogP) is 5.43. The Bertz CT molecular complexity index is 311. The van der Waals surface area contributed by atoms with Gasteiger partial charge in [-0.3, -0.25) is 9.59 Å². The normalized spacial score (nSPS) is 10.8. The van der Waals surface area contributed by atoms with E-state index in [1.54, 1.807) is 0 Å². The molecule has 0 fully saturated rings. The molecule has 0 atom stereocenters. The molecule has 0 heterocycles. The van der Waals surface area contributed by atoms with E-state index in [-0.39, 0.29) is 11.9 Å². The maximum atomic E-state index is 11.6. The smallest absolute Gasteiger partial charge is 0.305 e. The SMILES string of the molecule is CCCCCCCCCOC(=O)CCCC(=O)OCC(CC)CC. The molecule has 0 saturated carbocycles. The molecule has 0 amide bonds. The maximum Gasteiger partial charge on any atom is 0.305 e. The van der Waals surface area contributed by atoms with Gasteiger partial charge >= 0.3 is 11.9 Å². The van der Waals surface area contributed by atoms with Gasteiger partial charge < -0.3 is 9.47 Å². The molecule has 0 aliphatic carbocycles. The van der Waals surface area contributed by atoms with Crippen LogP contribution in [0.25, 0.3) is 0 Å². The third-order valence-corrected chi connectivity index (χ3v) is 4.41. The molecule has 0 rings (SSSR count). The van der Waals surface area contributed by atoms with Crippen LogP contribution in [0.5, 0.6) is 0 Å². The Morgan fingerprint density at radius 1 is 0.708 bits per heavy atom. The molecule has 0 aromatic carbocycles. The van der Waals surface area contributed by atoms with Crippen molar-refractivity contribution in [1.82, 2.24) is 0 Å². The zero-order chi connectivity index (χ0) is 18.0. The predicted molar refractivity (Wildman–Crippen MR) is 97.8 cm³/mol. The van der Waals surface area contributed by atoms with Crippen LogP contribution in [0.4, 0.5) is 0 Å². The fourth-order valence-corrected chi connectivity index (χ4v) is 2.50. The average molecular weight is 343 g/mol. The highest BCUT2D eigenvalue weighted by molar-refractivity contribution is 5.72. The number of hydrogen-bond acceptors (Lipinski definition) is 4. The largest absolute Gasteiger partial charge is 0.466 e. The Morgan fingerprint density at radius 2 is 1.25 bits per heavy atom. The minimum Gasteiger partial charge on any atom is -0.466 e. The summed E-state index contributed by atoms with van der Waals surface area (Å²) in [6.07, 6.45) is 11.6. The van der Waals surface area contributed by atoms with Crippen LogP contribution in [0.3, 0.4) is 0 Å². The number of hydrogen-bond donors (Lipinski definition) is 0. The second kappa shape index (κ2) is 16.8. The first-order valence-electron chi connectivity index (χ1n) is 9.95. The minimum atomic E-state index is -0.207. The number of rotatable bonds is 16. The number of unbranched alkanes of at least 4 members (excludes halogenated alkanes) is 6. The van der Waals surface area contributed by atoms with Gasteiger partial charge in [0.25, 0.3) is 0 Å². The van der Waals surface area contributed by atoms with Gasteiger partial charge in [-0.2, -0.15) is 0 Å². The number of esters is 2. The maximum absolute atomic E-state index is 11.6. The van der Waals surface area contributed by atoms with Gasteiger partial charge in [-0.25, -0.2) is 0 Å². The van der Waals surface area contributed by atoms with E-state index in [2.05, 4.69) is 20.8 Å². The molecule has 0 bridgehead atoms. The molecule has 24 heavy (non-hydrogen) atoms. The molecule has 142 valence electrons. The molecule has 0 aliphatic heterocycles. The molecule has 0 aliphatic rings. The third kappa shape index (κ3) is 14.5. The topological polar surface area (TPSA) is 52.6 Å². The molecule has 0 spiro atoms. The second-order valence-electron chi connectivity index (χ2n) is 6.56. The Kier molecular flexibility index (Phi) is 16.0. The van der Waals surface area contributed by atoms with Crippen LogP contribution < -0.4 is 0 Å². The standard InChI is InChI=1S/C20H38O4/c1-4-7-8-9-10-11-12-16-23-19(21)14-13-15-20(22)24-17-18(5-2)6-3/h18H,4-17H2,1-3H3. The summed E-state index contributed by atoms with van der Waals surface area (Å²) in [5, 5.41) is 0. The van der Waals surface area contributed by atoms with Gasteiger partial charge in [0, 0.05) is 12.8 Å². The average Bonchev–Trinajstić information content (AvgIpc) is 2.58. The first-order chi connectivity index (χ1) is 11.6. The molecule has 0 N–H and O–H groups in total. The summed E-state index contributed by atoms with van der Waals surface area (Å²) in [7, 11) is 0. The third-order valence-electron chi connectivity index (χ3n) is 4.41. The lowest BCUT2D eigenvalue weighted by Crippen LogP contribution is -2.13. The molecule has 0 saturated heterocycles. The van der Waals surface area contributed by atoms with E-state index in [4.69, 9.17) is 9.47 Å². The molecular weight excluding hydrogens is 304 g/mol. The Hall–Kier alpha value is -1.06. The summed E-state index contributed by atoms with van der Waals surface area (Å²) < 4.78 is 10.4. The monoisotopic (exact) mass is 342 g/mol. The van der Waals surface area contributed by atoms with Crippen LogP contribution >= 0.6 is 0 Å². The van der Waals surface area contributed by atoms with Gasteiger partial charge in [-0.15, -0.1) is 0 Å². The molecule has 4 heteroatoms. The molecule has 0 aromatic heterocycles. The Morgan fingerprint density at radius 3 is 1.83 bits per heavy atom. The molecule has 0 unspecified atom stereocenters. The van der Waals surface area contributed by atoms with E-state index in [1.807, 2.05) is 0 Å². The molecular formula is C20H38O4. The summed E-state index contributed by atoms with van der Waals surface area (Å²) in [4.78, 5) is 23.2. The van der Waals surface area contributed by atoms with Crippen molar-refractivity contribution in [2.24, 2.45) is 5.92 Å². The van der Waals surface area contributed by atoms with Crippen LogP contribution in [0.1, 0.15) is 97.8 Å². The lowest BCUT2D eigenvalue weighted by atomic mass is 10.1. The highest BCUT2D eigenvalue weighted by Gasteiger charge is 2.10. The Balaban J connectivity index is 3.44. The van der Waals surface area contributed by atoms with Gasteiger partial charge in [-0.1, -0.05) is 72.1 Å². The van der Waals surface area contributed by atoms with Crippen LogP contribution in [0, 0.1) is 5.92 Å². The van der Waals surface area contributed by atoms with Crippen molar-refractivity contribution in [3.63, 3.8) is 0 Å². The van der Waals surface area contributed by atoms with Crippen LogP contribution in [-0.2, 0) is 19.1 Å². The second-order valence-corrected chi connectivity index (χ2v) is 6.56. The van der Waals surface area contributed by atoms with Crippen LogP contribution in [-0.4, -0.2) is 25.2 Å². The quantitative estimate of drug-likeness (QED) is 0.277. The van der Waals surface area contributed by atoms with E-state index >= 15 is 0 Å². The zero-order valence-electron chi connectivity index (χ0n) is 16.1. The lowest BCUT2D eigenvalue weighted by Gasteiger charge is -2.12. The van der Waals surface area contributed by atoms with Crippen molar-refractivity contribution in [2.45, 2.75) is 97.8 Å². The zero-order valence-corrected chi connectivity index (χ0v) is 16.1. The number of ether oxygens (including phenoxy) is 2. The summed E-state index contributed by atoms with van der Waals surface area (Å²) in [6, 6.07) is 0. The van der Waals surface area contributed by atoms with E-state index in [0.29, 0.717) is 38.4 Å². The number of carbonyl (C=O) groups is 2. The van der Waals surface area contributed by atoms with Crippen molar-refractivity contribution in [1.29, 1.82) is 0 Å². The summed E-state index contributed by atoms with van der Waals surface area (Å²) in [6.45, 7) is 7.42. The van der Waals surface area contributed by atoms with Crippen molar-refractivity contribution in [3.05, 3.63) is 0 Å².